The summed E-state index contributed by atoms with van der Waals surface area (Å²) in [6.45, 7) is 4.27. The van der Waals surface area contributed by atoms with E-state index in [9.17, 15) is 9.59 Å². The van der Waals surface area contributed by atoms with Crippen molar-refractivity contribution in [1.82, 2.24) is 10.3 Å². The summed E-state index contributed by atoms with van der Waals surface area (Å²) in [5.74, 6) is -0.347. The second kappa shape index (κ2) is 8.64. The number of furan rings is 1. The highest BCUT2D eigenvalue weighted by molar-refractivity contribution is 7.16. The standard InChI is InChI=1S/C22H19N3O3S2/c1-13-5-6-15(10-17(13)25-22(27)19-4-3-9-28-19)21(26)23-11-16-7-8-20(30-16)18-12-29-14(2)24-18/h3-10,12H,11H2,1-2H3,(H,23,26)(H,25,27). The third-order valence-electron chi connectivity index (χ3n) is 4.45. The fraction of sp³-hybridized carbons (Fsp3) is 0.136. The zero-order chi connectivity index (χ0) is 21.1. The Bertz CT molecular complexity index is 1190. The van der Waals surface area contributed by atoms with Crippen LogP contribution in [0.15, 0.2) is 58.5 Å². The monoisotopic (exact) mass is 437 g/mol. The van der Waals surface area contributed by atoms with E-state index in [0.29, 0.717) is 17.8 Å². The van der Waals surface area contributed by atoms with Gasteiger partial charge in [0.05, 0.1) is 28.4 Å². The Kier molecular flexibility index (Phi) is 5.78. The Morgan fingerprint density at radius 2 is 1.97 bits per heavy atom. The Hall–Kier alpha value is -3.23. The van der Waals surface area contributed by atoms with Crippen molar-refractivity contribution in [3.05, 3.63) is 80.9 Å². The molecule has 152 valence electrons. The van der Waals surface area contributed by atoms with Gasteiger partial charge in [-0.25, -0.2) is 4.98 Å². The summed E-state index contributed by atoms with van der Waals surface area (Å²) < 4.78 is 5.11. The van der Waals surface area contributed by atoms with Gasteiger partial charge in [0.1, 0.15) is 0 Å². The topological polar surface area (TPSA) is 84.2 Å². The molecule has 0 fully saturated rings. The molecule has 2 amide bonds. The van der Waals surface area contributed by atoms with Crippen LogP contribution in [-0.2, 0) is 6.54 Å². The molecule has 6 nitrogen and oxygen atoms in total. The van der Waals surface area contributed by atoms with E-state index in [-0.39, 0.29) is 17.6 Å². The molecule has 3 aromatic heterocycles. The van der Waals surface area contributed by atoms with Gasteiger partial charge >= 0.3 is 0 Å². The maximum absolute atomic E-state index is 12.6. The van der Waals surface area contributed by atoms with E-state index in [2.05, 4.69) is 15.6 Å². The molecule has 0 aliphatic heterocycles. The van der Waals surface area contributed by atoms with Gasteiger partial charge in [0.2, 0.25) is 0 Å². The molecule has 4 rings (SSSR count). The van der Waals surface area contributed by atoms with E-state index in [0.717, 1.165) is 26.0 Å². The second-order valence-corrected chi connectivity index (χ2v) is 8.89. The average molecular weight is 438 g/mol. The molecule has 0 saturated heterocycles. The predicted molar refractivity (Wildman–Crippen MR) is 119 cm³/mol. The van der Waals surface area contributed by atoms with E-state index in [4.69, 9.17) is 4.42 Å². The summed E-state index contributed by atoms with van der Waals surface area (Å²) in [5.41, 5.74) is 2.87. The van der Waals surface area contributed by atoms with Crippen LogP contribution in [0, 0.1) is 13.8 Å². The number of nitrogens with one attached hydrogen (secondary N) is 2. The molecule has 0 bridgehead atoms. The maximum Gasteiger partial charge on any atom is 0.291 e. The van der Waals surface area contributed by atoms with Crippen molar-refractivity contribution in [2.45, 2.75) is 20.4 Å². The molecule has 30 heavy (non-hydrogen) atoms. The van der Waals surface area contributed by atoms with Gasteiger partial charge < -0.3 is 15.1 Å². The zero-order valence-electron chi connectivity index (χ0n) is 16.4. The van der Waals surface area contributed by atoms with Gasteiger partial charge in [-0.2, -0.15) is 0 Å². The van der Waals surface area contributed by atoms with Crippen LogP contribution < -0.4 is 10.6 Å². The van der Waals surface area contributed by atoms with Crippen molar-refractivity contribution in [3.63, 3.8) is 0 Å². The summed E-state index contributed by atoms with van der Waals surface area (Å²) >= 11 is 3.23. The highest BCUT2D eigenvalue weighted by Gasteiger charge is 2.13. The lowest BCUT2D eigenvalue weighted by atomic mass is 10.1. The van der Waals surface area contributed by atoms with E-state index in [1.54, 1.807) is 53.0 Å². The van der Waals surface area contributed by atoms with Gasteiger partial charge in [-0.1, -0.05) is 6.07 Å². The van der Waals surface area contributed by atoms with Crippen molar-refractivity contribution < 1.29 is 14.0 Å². The van der Waals surface area contributed by atoms with Crippen LogP contribution in [0.1, 0.15) is 36.4 Å². The van der Waals surface area contributed by atoms with Crippen LogP contribution >= 0.6 is 22.7 Å². The Balaban J connectivity index is 1.41. The van der Waals surface area contributed by atoms with Gasteiger partial charge in [0.15, 0.2) is 5.76 Å². The van der Waals surface area contributed by atoms with Gasteiger partial charge in [0.25, 0.3) is 11.8 Å². The lowest BCUT2D eigenvalue weighted by Gasteiger charge is -2.10. The molecule has 0 saturated carbocycles. The third-order valence-corrected chi connectivity index (χ3v) is 6.33. The summed E-state index contributed by atoms with van der Waals surface area (Å²) in [7, 11) is 0. The molecular formula is C22H19N3O3S2. The smallest absolute Gasteiger partial charge is 0.291 e. The number of rotatable bonds is 6. The van der Waals surface area contributed by atoms with Crippen molar-refractivity contribution in [1.29, 1.82) is 0 Å². The Labute approximate surface area is 181 Å². The molecule has 0 aliphatic carbocycles. The normalized spacial score (nSPS) is 10.7. The number of benzene rings is 1. The number of aryl methyl sites for hydroxylation is 2. The molecular weight excluding hydrogens is 418 g/mol. The number of hydrogen-bond acceptors (Lipinski definition) is 6. The second-order valence-electron chi connectivity index (χ2n) is 6.66. The highest BCUT2D eigenvalue weighted by Crippen LogP contribution is 2.29. The van der Waals surface area contributed by atoms with E-state index < -0.39 is 0 Å². The minimum absolute atomic E-state index is 0.206. The van der Waals surface area contributed by atoms with Gasteiger partial charge in [-0.15, -0.1) is 22.7 Å². The molecule has 1 aromatic carbocycles. The van der Waals surface area contributed by atoms with E-state index >= 15 is 0 Å². The van der Waals surface area contributed by atoms with Crippen LogP contribution in [0.5, 0.6) is 0 Å². The van der Waals surface area contributed by atoms with E-state index in [1.807, 2.05) is 31.4 Å². The van der Waals surface area contributed by atoms with Gasteiger partial charge in [-0.3, -0.25) is 9.59 Å². The molecule has 0 radical (unpaired) electrons. The number of thiophene rings is 1. The average Bonchev–Trinajstić information content (AvgIpc) is 3.49. The first-order valence-electron chi connectivity index (χ1n) is 9.24. The first-order valence-corrected chi connectivity index (χ1v) is 10.9. The Morgan fingerprint density at radius 3 is 2.70 bits per heavy atom. The maximum atomic E-state index is 12.6. The molecule has 3 heterocycles. The molecule has 0 atom stereocenters. The number of thiazole rings is 1. The number of aromatic nitrogens is 1. The summed E-state index contributed by atoms with van der Waals surface area (Å²) in [4.78, 5) is 31.5. The minimum Gasteiger partial charge on any atom is -0.459 e. The number of nitrogens with zero attached hydrogens (tertiary/aromatic N) is 1. The van der Waals surface area contributed by atoms with Crippen LogP contribution in [-0.4, -0.2) is 16.8 Å². The number of carbonyl (C=O) groups is 2. The minimum atomic E-state index is -0.357. The van der Waals surface area contributed by atoms with Crippen LogP contribution in [0.2, 0.25) is 0 Å². The van der Waals surface area contributed by atoms with Gasteiger partial charge in [0, 0.05) is 21.5 Å². The van der Waals surface area contributed by atoms with Crippen molar-refractivity contribution in [3.8, 4) is 10.6 Å². The van der Waals surface area contributed by atoms with Crippen molar-refractivity contribution in [2.75, 3.05) is 5.32 Å². The summed E-state index contributed by atoms with van der Waals surface area (Å²) in [6.07, 6.45) is 1.44. The number of carbonyl (C=O) groups excluding carboxylic acids is 2. The number of amides is 2. The molecule has 0 unspecified atom stereocenters. The first-order chi connectivity index (χ1) is 14.5. The third kappa shape index (κ3) is 4.50. The molecule has 2 N–H and O–H groups in total. The fourth-order valence-electron chi connectivity index (χ4n) is 2.85. The van der Waals surface area contributed by atoms with Crippen molar-refractivity contribution >= 4 is 40.2 Å². The SMILES string of the molecule is Cc1nc(-c2ccc(CNC(=O)c3ccc(C)c(NC(=O)c4ccco4)c3)s2)cs1. The van der Waals surface area contributed by atoms with Crippen LogP contribution in [0.25, 0.3) is 10.6 Å². The van der Waals surface area contributed by atoms with Crippen LogP contribution in [0.4, 0.5) is 5.69 Å². The lowest BCUT2D eigenvalue weighted by Crippen LogP contribution is -2.22. The fourth-order valence-corrected chi connectivity index (χ4v) is 4.44. The largest absolute Gasteiger partial charge is 0.459 e. The molecule has 4 aromatic rings. The first kappa shape index (κ1) is 20.1. The molecule has 0 spiro atoms. The zero-order valence-corrected chi connectivity index (χ0v) is 18.0. The summed E-state index contributed by atoms with van der Waals surface area (Å²) in [6, 6.07) is 12.5. The number of anilines is 1. The summed E-state index contributed by atoms with van der Waals surface area (Å²) in [5, 5.41) is 8.79. The molecule has 0 aliphatic rings. The quantitative estimate of drug-likeness (QED) is 0.431. The van der Waals surface area contributed by atoms with Gasteiger partial charge in [-0.05, 0) is 55.8 Å². The van der Waals surface area contributed by atoms with Crippen LogP contribution in [0.3, 0.4) is 0 Å². The molecule has 8 heteroatoms. The lowest BCUT2D eigenvalue weighted by molar-refractivity contribution is 0.0949. The van der Waals surface area contributed by atoms with Crippen molar-refractivity contribution in [2.24, 2.45) is 0 Å². The highest BCUT2D eigenvalue weighted by atomic mass is 32.1. The Morgan fingerprint density at radius 1 is 1.10 bits per heavy atom. The predicted octanol–water partition coefficient (Wildman–Crippen LogP) is 5.26. The number of hydrogen-bond donors (Lipinski definition) is 2. The van der Waals surface area contributed by atoms with E-state index in [1.165, 1.54) is 6.26 Å².